The first-order chi connectivity index (χ1) is 5.11. The Bertz CT molecular complexity index is 193. The highest BCUT2D eigenvalue weighted by atomic mass is 16.5. The second kappa shape index (κ2) is 4.49. The lowest BCUT2D eigenvalue weighted by Crippen LogP contribution is -2.05. The molecule has 0 atom stereocenters. The molecule has 0 saturated carbocycles. The summed E-state index contributed by atoms with van der Waals surface area (Å²) in [6.45, 7) is 1.47. The Hall–Kier alpha value is -1.32. The molecule has 0 saturated heterocycles. The van der Waals surface area contributed by atoms with Crippen LogP contribution in [-0.4, -0.2) is 26.2 Å². The number of hydrogen-bond donors (Lipinski definition) is 0. The van der Waals surface area contributed by atoms with Gasteiger partial charge in [0.25, 0.3) is 0 Å². The molecule has 0 aromatic carbocycles. The molecule has 0 aromatic rings. The quantitative estimate of drug-likeness (QED) is 0.428. The van der Waals surface area contributed by atoms with E-state index < -0.39 is 11.9 Å². The fourth-order valence-corrected chi connectivity index (χ4v) is 0.456. The third-order valence-corrected chi connectivity index (χ3v) is 1.04. The van der Waals surface area contributed by atoms with Crippen molar-refractivity contribution in [3.8, 4) is 0 Å². The molecule has 0 aliphatic carbocycles. The molecule has 0 aromatic heterocycles. The Labute approximate surface area is 64.8 Å². The lowest BCUT2D eigenvalue weighted by molar-refractivity contribution is -0.138. The SMILES string of the molecule is COC(=O)C=C(C)C(=O)OC. The number of hydrogen-bond acceptors (Lipinski definition) is 4. The average Bonchev–Trinajstić information content (AvgIpc) is 2.02. The van der Waals surface area contributed by atoms with Crippen molar-refractivity contribution in [3.63, 3.8) is 0 Å². The van der Waals surface area contributed by atoms with Gasteiger partial charge < -0.3 is 9.47 Å². The van der Waals surface area contributed by atoms with Crippen LogP contribution in [-0.2, 0) is 19.1 Å². The molecule has 11 heavy (non-hydrogen) atoms. The topological polar surface area (TPSA) is 52.6 Å². The lowest BCUT2D eigenvalue weighted by atomic mass is 10.3. The maximum absolute atomic E-state index is 10.7. The maximum atomic E-state index is 10.7. The molecule has 0 bridgehead atoms. The Kier molecular flexibility index (Phi) is 3.95. The fraction of sp³-hybridized carbons (Fsp3) is 0.429. The average molecular weight is 158 g/mol. The molecule has 62 valence electrons. The smallest absolute Gasteiger partial charge is 0.333 e. The molecular weight excluding hydrogens is 148 g/mol. The van der Waals surface area contributed by atoms with Gasteiger partial charge in [-0.3, -0.25) is 0 Å². The minimum atomic E-state index is -0.562. The molecule has 0 radical (unpaired) electrons. The molecule has 0 aliphatic heterocycles. The van der Waals surface area contributed by atoms with Gasteiger partial charge in [0, 0.05) is 11.6 Å². The van der Waals surface area contributed by atoms with Crippen molar-refractivity contribution in [1.82, 2.24) is 0 Å². The van der Waals surface area contributed by atoms with E-state index in [1.165, 1.54) is 21.1 Å². The van der Waals surface area contributed by atoms with E-state index >= 15 is 0 Å². The van der Waals surface area contributed by atoms with E-state index in [4.69, 9.17) is 0 Å². The summed E-state index contributed by atoms with van der Waals surface area (Å²) >= 11 is 0. The summed E-state index contributed by atoms with van der Waals surface area (Å²) in [5.74, 6) is -1.09. The van der Waals surface area contributed by atoms with E-state index in [1.807, 2.05) is 0 Å². The van der Waals surface area contributed by atoms with Crippen molar-refractivity contribution in [1.29, 1.82) is 0 Å². The van der Waals surface area contributed by atoms with Crippen LogP contribution < -0.4 is 0 Å². The first kappa shape index (κ1) is 9.68. The van der Waals surface area contributed by atoms with Crippen LogP contribution >= 0.6 is 0 Å². The number of ether oxygens (including phenoxy) is 2. The van der Waals surface area contributed by atoms with Gasteiger partial charge in [-0.1, -0.05) is 0 Å². The van der Waals surface area contributed by atoms with Crippen molar-refractivity contribution in [2.24, 2.45) is 0 Å². The van der Waals surface area contributed by atoms with Crippen LogP contribution in [0.5, 0.6) is 0 Å². The zero-order valence-corrected chi connectivity index (χ0v) is 6.71. The number of rotatable bonds is 2. The van der Waals surface area contributed by atoms with Crippen LogP contribution in [0.15, 0.2) is 11.6 Å². The van der Waals surface area contributed by atoms with E-state index in [1.54, 1.807) is 0 Å². The Morgan fingerprint density at radius 3 is 2.09 bits per heavy atom. The molecule has 0 unspecified atom stereocenters. The summed E-state index contributed by atoms with van der Waals surface area (Å²) in [6, 6.07) is 0. The van der Waals surface area contributed by atoms with Gasteiger partial charge in [0.1, 0.15) is 0 Å². The standard InChI is InChI=1S/C7H10O4/c1-5(7(9)11-3)4-6(8)10-2/h4H,1-3H3. The van der Waals surface area contributed by atoms with Gasteiger partial charge >= 0.3 is 11.9 Å². The highest BCUT2D eigenvalue weighted by Gasteiger charge is 2.05. The molecular formula is C7H10O4. The number of esters is 2. The van der Waals surface area contributed by atoms with E-state index in [-0.39, 0.29) is 5.57 Å². The zero-order valence-electron chi connectivity index (χ0n) is 6.71. The highest BCUT2D eigenvalue weighted by Crippen LogP contribution is 1.95. The Balaban J connectivity index is 4.21. The van der Waals surface area contributed by atoms with Crippen LogP contribution in [0.25, 0.3) is 0 Å². The first-order valence-electron chi connectivity index (χ1n) is 2.96. The fourth-order valence-electron chi connectivity index (χ4n) is 0.456. The lowest BCUT2D eigenvalue weighted by Gasteiger charge is -1.96. The van der Waals surface area contributed by atoms with Crippen LogP contribution in [0.3, 0.4) is 0 Å². The van der Waals surface area contributed by atoms with E-state index in [0.29, 0.717) is 0 Å². The van der Waals surface area contributed by atoms with Crippen LogP contribution in [0.2, 0.25) is 0 Å². The molecule has 0 aliphatic rings. The second-order valence-electron chi connectivity index (χ2n) is 1.84. The van der Waals surface area contributed by atoms with Gasteiger partial charge in [0.2, 0.25) is 0 Å². The second-order valence-corrected chi connectivity index (χ2v) is 1.84. The summed E-state index contributed by atoms with van der Waals surface area (Å²) in [5, 5.41) is 0. The monoisotopic (exact) mass is 158 g/mol. The summed E-state index contributed by atoms with van der Waals surface area (Å²) in [6.07, 6.45) is 1.08. The van der Waals surface area contributed by atoms with Crippen molar-refractivity contribution in [3.05, 3.63) is 11.6 Å². The predicted molar refractivity (Wildman–Crippen MR) is 37.8 cm³/mol. The number of carbonyl (C=O) groups is 2. The molecule has 0 rings (SSSR count). The molecule has 4 nitrogen and oxygen atoms in total. The summed E-state index contributed by atoms with van der Waals surface area (Å²) < 4.78 is 8.63. The Morgan fingerprint density at radius 1 is 1.18 bits per heavy atom. The van der Waals surface area contributed by atoms with Crippen LogP contribution in [0, 0.1) is 0 Å². The number of carbonyl (C=O) groups excluding carboxylic acids is 2. The zero-order chi connectivity index (χ0) is 8.85. The predicted octanol–water partition coefficient (Wildman–Crippen LogP) is 0.279. The van der Waals surface area contributed by atoms with Gasteiger partial charge in [-0.2, -0.15) is 0 Å². The van der Waals surface area contributed by atoms with Crippen molar-refractivity contribution in [2.75, 3.05) is 14.2 Å². The van der Waals surface area contributed by atoms with Crippen LogP contribution in [0.1, 0.15) is 6.92 Å². The largest absolute Gasteiger partial charge is 0.466 e. The number of methoxy groups -OCH3 is 2. The third-order valence-electron chi connectivity index (χ3n) is 1.04. The first-order valence-corrected chi connectivity index (χ1v) is 2.96. The van der Waals surface area contributed by atoms with Crippen molar-refractivity contribution >= 4 is 11.9 Å². The molecule has 0 amide bonds. The summed E-state index contributed by atoms with van der Waals surface area (Å²) in [4.78, 5) is 21.2. The normalized spacial score (nSPS) is 10.6. The summed E-state index contributed by atoms with van der Waals surface area (Å²) in [7, 11) is 2.49. The molecule has 0 fully saturated rings. The maximum Gasteiger partial charge on any atom is 0.333 e. The molecule has 0 N–H and O–H groups in total. The van der Waals surface area contributed by atoms with Crippen molar-refractivity contribution < 1.29 is 19.1 Å². The van der Waals surface area contributed by atoms with E-state index in [9.17, 15) is 9.59 Å². The minimum Gasteiger partial charge on any atom is -0.466 e. The highest BCUT2D eigenvalue weighted by molar-refractivity contribution is 5.95. The molecule has 0 heterocycles. The van der Waals surface area contributed by atoms with Gasteiger partial charge in [-0.15, -0.1) is 0 Å². The van der Waals surface area contributed by atoms with E-state index in [0.717, 1.165) is 6.08 Å². The van der Waals surface area contributed by atoms with Crippen molar-refractivity contribution in [2.45, 2.75) is 6.92 Å². The Morgan fingerprint density at radius 2 is 1.73 bits per heavy atom. The van der Waals surface area contributed by atoms with Crippen LogP contribution in [0.4, 0.5) is 0 Å². The van der Waals surface area contributed by atoms with Gasteiger partial charge in [-0.25, -0.2) is 9.59 Å². The molecule has 0 spiro atoms. The molecule has 4 heteroatoms. The van der Waals surface area contributed by atoms with Gasteiger partial charge in [0.05, 0.1) is 14.2 Å². The summed E-state index contributed by atoms with van der Waals surface area (Å²) in [5.41, 5.74) is 0.222. The minimum absolute atomic E-state index is 0.222. The van der Waals surface area contributed by atoms with E-state index in [2.05, 4.69) is 9.47 Å². The van der Waals surface area contributed by atoms with Gasteiger partial charge in [0.15, 0.2) is 0 Å². The third kappa shape index (κ3) is 3.40. The van der Waals surface area contributed by atoms with Gasteiger partial charge in [-0.05, 0) is 6.92 Å².